The number of likely N-dealkylation sites (tertiary alicyclic amines) is 1. The lowest BCUT2D eigenvalue weighted by atomic mass is 9.95. The van der Waals surface area contributed by atoms with Crippen molar-refractivity contribution < 1.29 is 14.3 Å². The van der Waals surface area contributed by atoms with E-state index in [4.69, 9.17) is 0 Å². The lowest BCUT2D eigenvalue weighted by Gasteiger charge is -2.32. The predicted molar refractivity (Wildman–Crippen MR) is 80.8 cm³/mol. The average Bonchev–Trinajstić information content (AvgIpc) is 3.05. The summed E-state index contributed by atoms with van der Waals surface area (Å²) in [7, 11) is 1.32. The van der Waals surface area contributed by atoms with E-state index in [2.05, 4.69) is 23.9 Å². The number of carbonyl (C=O) groups excluding carboxylic acids is 2. The molecule has 2 rings (SSSR count). The molecule has 1 aliphatic carbocycles. The van der Waals surface area contributed by atoms with Gasteiger partial charge in [-0.25, -0.2) is 4.79 Å². The number of alkyl carbamates (subject to hydrolysis) is 1. The van der Waals surface area contributed by atoms with Gasteiger partial charge >= 0.3 is 6.09 Å². The quantitative estimate of drug-likeness (QED) is 0.866. The molecule has 5 nitrogen and oxygen atoms in total. The molecule has 1 saturated carbocycles. The first kappa shape index (κ1) is 16.1. The van der Waals surface area contributed by atoms with Crippen LogP contribution < -0.4 is 5.32 Å². The molecule has 21 heavy (non-hydrogen) atoms. The molecule has 1 heterocycles. The molecule has 2 aliphatic rings. The van der Waals surface area contributed by atoms with E-state index in [1.165, 1.54) is 20.0 Å². The van der Waals surface area contributed by atoms with Crippen LogP contribution in [-0.2, 0) is 9.53 Å². The monoisotopic (exact) mass is 296 g/mol. The molecule has 1 saturated heterocycles. The van der Waals surface area contributed by atoms with Gasteiger partial charge in [0, 0.05) is 12.6 Å². The molecule has 1 aliphatic heterocycles. The molecule has 1 N–H and O–H groups in total. The third-order valence-corrected chi connectivity index (χ3v) is 4.95. The van der Waals surface area contributed by atoms with E-state index in [1.54, 1.807) is 0 Å². The molecule has 0 unspecified atom stereocenters. The Kier molecular flexibility index (Phi) is 4.49. The zero-order chi connectivity index (χ0) is 15.8. The fourth-order valence-corrected chi connectivity index (χ4v) is 3.35. The maximum Gasteiger partial charge on any atom is 0.407 e. The summed E-state index contributed by atoms with van der Waals surface area (Å²) in [6.45, 7) is 9.09. The van der Waals surface area contributed by atoms with Crippen LogP contribution in [0.1, 0.15) is 47.0 Å². The Bertz CT molecular complexity index is 416. The van der Waals surface area contributed by atoms with Gasteiger partial charge in [-0.1, -0.05) is 27.7 Å². The van der Waals surface area contributed by atoms with Gasteiger partial charge in [-0.15, -0.1) is 0 Å². The van der Waals surface area contributed by atoms with Crippen LogP contribution in [0.25, 0.3) is 0 Å². The van der Waals surface area contributed by atoms with Crippen molar-refractivity contribution in [3.63, 3.8) is 0 Å². The number of nitrogens with zero attached hydrogens (tertiary/aromatic N) is 1. The van der Waals surface area contributed by atoms with E-state index >= 15 is 0 Å². The first-order valence-electron chi connectivity index (χ1n) is 7.94. The van der Waals surface area contributed by atoms with Gasteiger partial charge in [-0.05, 0) is 36.5 Å². The van der Waals surface area contributed by atoms with E-state index in [0.29, 0.717) is 17.4 Å². The highest BCUT2D eigenvalue weighted by atomic mass is 16.5. The van der Waals surface area contributed by atoms with E-state index in [1.807, 2.05) is 18.7 Å². The largest absolute Gasteiger partial charge is 0.453 e. The van der Waals surface area contributed by atoms with Crippen molar-refractivity contribution in [3.8, 4) is 0 Å². The van der Waals surface area contributed by atoms with Gasteiger partial charge in [0.15, 0.2) is 0 Å². The summed E-state index contributed by atoms with van der Waals surface area (Å²) in [5, 5.41) is 2.70. The number of rotatable bonds is 4. The van der Waals surface area contributed by atoms with Gasteiger partial charge in [0.2, 0.25) is 5.91 Å². The van der Waals surface area contributed by atoms with Gasteiger partial charge in [-0.2, -0.15) is 0 Å². The lowest BCUT2D eigenvalue weighted by molar-refractivity contribution is -0.136. The first-order chi connectivity index (χ1) is 9.79. The number of nitrogens with one attached hydrogen (secondary N) is 1. The van der Waals surface area contributed by atoms with Crippen molar-refractivity contribution in [1.82, 2.24) is 10.2 Å². The lowest BCUT2D eigenvalue weighted by Crippen LogP contribution is -2.53. The van der Waals surface area contributed by atoms with E-state index in [9.17, 15) is 9.59 Å². The summed E-state index contributed by atoms with van der Waals surface area (Å²) in [6, 6.07) is -0.215. The fourth-order valence-electron chi connectivity index (χ4n) is 3.35. The number of ether oxygens (including phenoxy) is 1. The van der Waals surface area contributed by atoms with Crippen LogP contribution in [0.4, 0.5) is 4.79 Å². The van der Waals surface area contributed by atoms with E-state index in [0.717, 1.165) is 13.0 Å². The summed E-state index contributed by atoms with van der Waals surface area (Å²) in [6.07, 6.45) is 3.04. The van der Waals surface area contributed by atoms with E-state index < -0.39 is 12.1 Å². The van der Waals surface area contributed by atoms with Crippen molar-refractivity contribution in [2.24, 2.45) is 17.3 Å². The van der Waals surface area contributed by atoms with Crippen LogP contribution in [0.2, 0.25) is 0 Å². The molecule has 2 amide bonds. The molecular formula is C16H28N2O3. The molecule has 2 fully saturated rings. The minimum atomic E-state index is -0.538. The van der Waals surface area contributed by atoms with Crippen LogP contribution in [0.5, 0.6) is 0 Å². The molecule has 1 spiro atoms. The van der Waals surface area contributed by atoms with Crippen molar-refractivity contribution >= 4 is 12.0 Å². The molecule has 0 aromatic rings. The molecule has 0 aromatic heterocycles. The maximum atomic E-state index is 12.9. The first-order valence-corrected chi connectivity index (χ1v) is 7.94. The van der Waals surface area contributed by atoms with Crippen LogP contribution >= 0.6 is 0 Å². The molecular weight excluding hydrogens is 268 g/mol. The second kappa shape index (κ2) is 5.85. The molecule has 0 aromatic carbocycles. The number of hydrogen-bond donors (Lipinski definition) is 1. The number of carbonyl (C=O) groups is 2. The third kappa shape index (κ3) is 3.33. The Morgan fingerprint density at radius 3 is 2.29 bits per heavy atom. The molecule has 0 bridgehead atoms. The van der Waals surface area contributed by atoms with Crippen molar-refractivity contribution in [3.05, 3.63) is 0 Å². The number of hydrogen-bond acceptors (Lipinski definition) is 3. The summed E-state index contributed by atoms with van der Waals surface area (Å²) >= 11 is 0. The summed E-state index contributed by atoms with van der Waals surface area (Å²) in [5.41, 5.74) is 0.372. The zero-order valence-corrected chi connectivity index (χ0v) is 13.8. The minimum Gasteiger partial charge on any atom is -0.453 e. The van der Waals surface area contributed by atoms with Crippen LogP contribution in [0, 0.1) is 17.3 Å². The summed E-state index contributed by atoms with van der Waals surface area (Å²) in [5.74, 6) is 0.526. The minimum absolute atomic E-state index is 0.0397. The van der Waals surface area contributed by atoms with Crippen LogP contribution in [0.3, 0.4) is 0 Å². The molecule has 2 atom stereocenters. The standard InChI is InChI=1S/C16H28N2O3/c1-10(2)12-8-16(6-7-16)9-18(12)14(19)13(11(3)4)17-15(20)21-5/h10-13H,6-9H2,1-5H3,(H,17,20)/t12-,13-/m0/s1. The molecule has 5 heteroatoms. The predicted octanol–water partition coefficient (Wildman–Crippen LogP) is 2.40. The van der Waals surface area contributed by atoms with Crippen molar-refractivity contribution in [1.29, 1.82) is 0 Å². The second-order valence-electron chi connectivity index (χ2n) is 7.34. The fraction of sp³-hybridized carbons (Fsp3) is 0.875. The van der Waals surface area contributed by atoms with Gasteiger partial charge in [-0.3, -0.25) is 4.79 Å². The van der Waals surface area contributed by atoms with Crippen LogP contribution in [0.15, 0.2) is 0 Å². The van der Waals surface area contributed by atoms with Gasteiger partial charge in [0.1, 0.15) is 6.04 Å². The van der Waals surface area contributed by atoms with Crippen molar-refractivity contribution in [2.75, 3.05) is 13.7 Å². The summed E-state index contributed by atoms with van der Waals surface area (Å²) < 4.78 is 4.65. The van der Waals surface area contributed by atoms with Gasteiger partial charge in [0.05, 0.1) is 7.11 Å². The zero-order valence-electron chi connectivity index (χ0n) is 13.8. The number of methoxy groups -OCH3 is 1. The Hall–Kier alpha value is -1.26. The highest BCUT2D eigenvalue weighted by Crippen LogP contribution is 2.55. The SMILES string of the molecule is COC(=O)N[C@H](C(=O)N1CC2(CC2)C[C@H]1C(C)C)C(C)C. The average molecular weight is 296 g/mol. The topological polar surface area (TPSA) is 58.6 Å². The Morgan fingerprint density at radius 2 is 1.86 bits per heavy atom. The highest BCUT2D eigenvalue weighted by Gasteiger charge is 2.54. The Labute approximate surface area is 127 Å². The molecule has 0 radical (unpaired) electrons. The van der Waals surface area contributed by atoms with Crippen molar-refractivity contribution in [2.45, 2.75) is 59.0 Å². The highest BCUT2D eigenvalue weighted by molar-refractivity contribution is 5.86. The smallest absolute Gasteiger partial charge is 0.407 e. The second-order valence-corrected chi connectivity index (χ2v) is 7.34. The number of amides is 2. The van der Waals surface area contributed by atoms with E-state index in [-0.39, 0.29) is 11.8 Å². The summed E-state index contributed by atoms with van der Waals surface area (Å²) in [4.78, 5) is 26.4. The third-order valence-electron chi connectivity index (χ3n) is 4.95. The molecule has 120 valence electrons. The Balaban J connectivity index is 2.13. The van der Waals surface area contributed by atoms with Gasteiger partial charge < -0.3 is 15.0 Å². The van der Waals surface area contributed by atoms with Gasteiger partial charge in [0.25, 0.3) is 0 Å². The normalized spacial score (nSPS) is 24.5. The maximum absolute atomic E-state index is 12.9. The Morgan fingerprint density at radius 1 is 1.24 bits per heavy atom. The van der Waals surface area contributed by atoms with Crippen LogP contribution in [-0.4, -0.2) is 42.6 Å².